The number of aliphatic hydroxyl groups excluding tert-OH is 2. The van der Waals surface area contributed by atoms with Gasteiger partial charge in [-0.2, -0.15) is 4.31 Å². The largest absolute Gasteiger partial charge is 0.496 e. The second kappa shape index (κ2) is 22.4. The molecule has 6 aromatic carbocycles. The minimum Gasteiger partial charge on any atom is -0.496 e. The smallest absolute Gasteiger partial charge is 0.338 e. The predicted octanol–water partition coefficient (Wildman–Crippen LogP) is 11.6. The zero-order chi connectivity index (χ0) is 51.4. The van der Waals surface area contributed by atoms with Crippen LogP contribution in [-0.4, -0.2) is 71.2 Å². The Hall–Kier alpha value is -5.74. The number of ether oxygens (including phenoxy) is 5. The Kier molecular flexibility index (Phi) is 16.7. The van der Waals surface area contributed by atoms with Crippen molar-refractivity contribution in [3.63, 3.8) is 0 Å². The first-order valence-electron chi connectivity index (χ1n) is 24.3. The normalized spacial score (nSPS) is 15.3. The molecule has 0 bridgehead atoms. The minimum absolute atomic E-state index is 0.0818. The first-order chi connectivity index (χ1) is 33.9. The monoisotopic (exact) mass is 1000 g/mol. The maximum Gasteiger partial charge on any atom is 0.338 e. The summed E-state index contributed by atoms with van der Waals surface area (Å²) in [5, 5.41) is 21.4. The van der Waals surface area contributed by atoms with Gasteiger partial charge in [-0.25, -0.2) is 13.2 Å². The maximum absolute atomic E-state index is 15.1. The van der Waals surface area contributed by atoms with E-state index in [4.69, 9.17) is 28.1 Å². The molecule has 71 heavy (non-hydrogen) atoms. The Bertz CT molecular complexity index is 2910. The van der Waals surface area contributed by atoms with Gasteiger partial charge in [-0.1, -0.05) is 95.6 Å². The highest BCUT2D eigenvalue weighted by Crippen LogP contribution is 2.52. The van der Waals surface area contributed by atoms with Crippen LogP contribution in [0.1, 0.15) is 104 Å². The van der Waals surface area contributed by atoms with E-state index in [0.717, 1.165) is 38.6 Å². The number of fused-ring (bicyclic) bond motifs is 2. The molecule has 0 saturated heterocycles. The molecule has 0 radical (unpaired) electrons. The van der Waals surface area contributed by atoms with E-state index in [2.05, 4.69) is 47.6 Å². The van der Waals surface area contributed by atoms with E-state index >= 15 is 8.42 Å². The molecule has 12 nitrogen and oxygen atoms in total. The molecule has 6 aromatic rings. The van der Waals surface area contributed by atoms with E-state index in [1.54, 1.807) is 57.7 Å². The lowest BCUT2D eigenvalue weighted by atomic mass is 9.82. The molecule has 7 rings (SSSR count). The molecule has 1 aliphatic rings. The lowest BCUT2D eigenvalue weighted by Crippen LogP contribution is -2.49. The first-order valence-corrected chi connectivity index (χ1v) is 27.9. The third-order valence-corrected chi connectivity index (χ3v) is 22.2. The van der Waals surface area contributed by atoms with Crippen LogP contribution in [0.4, 0.5) is 0 Å². The molecule has 1 heterocycles. The fourth-order valence-corrected chi connectivity index (χ4v) is 18.1. The van der Waals surface area contributed by atoms with Gasteiger partial charge in [0.2, 0.25) is 18.3 Å². The summed E-state index contributed by atoms with van der Waals surface area (Å²) in [6.45, 7) is 16.9. The summed E-state index contributed by atoms with van der Waals surface area (Å²) in [6.07, 6.45) is 0.0818. The summed E-state index contributed by atoms with van der Waals surface area (Å²) in [4.78, 5) is 14.0. The predicted molar refractivity (Wildman–Crippen MR) is 280 cm³/mol. The highest BCUT2D eigenvalue weighted by atomic mass is 32.2. The van der Waals surface area contributed by atoms with Gasteiger partial charge in [0.15, 0.2) is 0 Å². The van der Waals surface area contributed by atoms with Gasteiger partial charge < -0.3 is 38.3 Å². The number of nitrogens with zero attached hydrogens (tertiary/aromatic N) is 1. The zero-order valence-corrected chi connectivity index (χ0v) is 44.7. The number of esters is 1. The van der Waals surface area contributed by atoms with Gasteiger partial charge >= 0.3 is 5.97 Å². The number of hydrogen-bond donors (Lipinski definition) is 2. The SMILES string of the molecule is COc1cc(OC)c2c(c1-c1ccc(OCc3ccccc3)c3c(OC)cc(CO[Si](C(C)C)(C(C)C)C(C)C)cc13)C[C@@H](COC(=O)c1cc(CO)cc(CO)c1)N(S(=O)(=O)c1ccc(C)cc1)[C@@H]2C. The van der Waals surface area contributed by atoms with Crippen LogP contribution in [0.2, 0.25) is 16.6 Å². The lowest BCUT2D eigenvalue weighted by molar-refractivity contribution is 0.0386. The summed E-state index contributed by atoms with van der Waals surface area (Å²) >= 11 is 0. The summed E-state index contributed by atoms with van der Waals surface area (Å²) in [7, 11) is -1.76. The Labute approximate surface area is 420 Å². The number of carbonyl (C=O) groups is 1. The molecular weight excluding hydrogens is 935 g/mol. The molecule has 0 aliphatic carbocycles. The Morgan fingerprint density at radius 1 is 0.704 bits per heavy atom. The molecule has 2 N–H and O–H groups in total. The maximum atomic E-state index is 15.1. The van der Waals surface area contributed by atoms with Crippen LogP contribution in [0, 0.1) is 6.92 Å². The second-order valence-corrected chi connectivity index (χ2v) is 26.7. The average Bonchev–Trinajstić information content (AvgIpc) is 3.36. The number of carbonyl (C=O) groups excluding carboxylic acids is 1. The third kappa shape index (κ3) is 10.6. The molecule has 0 fully saturated rings. The van der Waals surface area contributed by atoms with Crippen LogP contribution in [0.25, 0.3) is 21.9 Å². The molecule has 0 amide bonds. The Balaban J connectivity index is 1.45. The molecule has 1 aliphatic heterocycles. The van der Waals surface area contributed by atoms with Crippen molar-refractivity contribution in [3.05, 3.63) is 148 Å². The van der Waals surface area contributed by atoms with E-state index in [-0.39, 0.29) is 36.7 Å². The quantitative estimate of drug-likeness (QED) is 0.0556. The first kappa shape index (κ1) is 53.1. The van der Waals surface area contributed by atoms with Gasteiger partial charge in [0.25, 0.3) is 0 Å². The minimum atomic E-state index is -4.25. The number of aryl methyl sites for hydroxylation is 1. The van der Waals surface area contributed by atoms with Crippen LogP contribution in [-0.2, 0) is 52.0 Å². The number of methoxy groups -OCH3 is 3. The van der Waals surface area contributed by atoms with Gasteiger partial charge in [0.05, 0.1) is 69.1 Å². The van der Waals surface area contributed by atoms with E-state index in [1.165, 1.54) is 16.4 Å². The summed E-state index contributed by atoms with van der Waals surface area (Å²) in [5.74, 6) is 1.39. The van der Waals surface area contributed by atoms with Crippen LogP contribution >= 0.6 is 0 Å². The number of aliphatic hydroxyl groups is 2. The van der Waals surface area contributed by atoms with Gasteiger partial charge in [0, 0.05) is 17.2 Å². The topological polar surface area (TPSA) is 150 Å². The Morgan fingerprint density at radius 3 is 1.90 bits per heavy atom. The van der Waals surface area contributed by atoms with Gasteiger partial charge in [-0.05, 0) is 124 Å². The van der Waals surface area contributed by atoms with Crippen LogP contribution < -0.4 is 18.9 Å². The second-order valence-electron chi connectivity index (χ2n) is 19.4. The van der Waals surface area contributed by atoms with Crippen LogP contribution in [0.3, 0.4) is 0 Å². The molecule has 2 atom stereocenters. The van der Waals surface area contributed by atoms with Gasteiger partial charge in [0.1, 0.15) is 36.2 Å². The van der Waals surface area contributed by atoms with Crippen molar-refractivity contribution in [2.24, 2.45) is 0 Å². The molecule has 378 valence electrons. The molecule has 0 aromatic heterocycles. The molecule has 14 heteroatoms. The van der Waals surface area contributed by atoms with Gasteiger partial charge in [-0.3, -0.25) is 0 Å². The Morgan fingerprint density at radius 2 is 1.32 bits per heavy atom. The number of benzene rings is 6. The average molecular weight is 1000 g/mol. The summed E-state index contributed by atoms with van der Waals surface area (Å²) in [5.41, 5.74) is 7.73. The number of rotatable bonds is 20. The van der Waals surface area contributed by atoms with Crippen molar-refractivity contribution < 1.29 is 51.5 Å². The fraction of sp³-hybridized carbons (Fsp3) is 0.386. The standard InChI is InChI=1S/C57H69NO11SSi/c1-35(2)71(36(3)4,37(5)6)69-33-43-26-48-47(21-22-50(56(48)51(27-43)64-9)67-32-40-15-13-12-14-16-40)55-49-28-45(34-68-57(61)44-24-41(30-59)23-42(25-44)31-60)58(70(62,63)46-19-17-38(7)18-20-46)39(8)54(49)52(65-10)29-53(55)66-11/h12-27,29,35-37,39,45,59-60H,28,30-34H2,1-11H3/t39-,45+/m1/s1. The molecule has 0 spiro atoms. The van der Waals surface area contributed by atoms with Crippen molar-refractivity contribution in [3.8, 4) is 34.1 Å². The van der Waals surface area contributed by atoms with Crippen molar-refractivity contribution >= 4 is 35.1 Å². The molecular formula is C57H69NO11SSi. The lowest BCUT2D eigenvalue weighted by Gasteiger charge is -2.42. The van der Waals surface area contributed by atoms with Crippen LogP contribution in [0.5, 0.6) is 23.0 Å². The van der Waals surface area contributed by atoms with E-state index in [1.807, 2.05) is 62.4 Å². The van der Waals surface area contributed by atoms with Crippen LogP contribution in [0.15, 0.2) is 108 Å². The zero-order valence-electron chi connectivity index (χ0n) is 42.9. The van der Waals surface area contributed by atoms with Gasteiger partial charge in [-0.15, -0.1) is 0 Å². The van der Waals surface area contributed by atoms with E-state index in [0.29, 0.717) is 75.1 Å². The van der Waals surface area contributed by atoms with Crippen molar-refractivity contribution in [2.45, 2.75) is 122 Å². The third-order valence-electron chi connectivity index (χ3n) is 14.1. The van der Waals surface area contributed by atoms with Crippen molar-refractivity contribution in [1.82, 2.24) is 4.31 Å². The number of hydrogen-bond acceptors (Lipinski definition) is 11. The highest BCUT2D eigenvalue weighted by Gasteiger charge is 2.46. The number of sulfonamides is 1. The fourth-order valence-electron chi connectivity index (χ4n) is 10.9. The molecule has 0 unspecified atom stereocenters. The van der Waals surface area contributed by atoms with E-state index in [9.17, 15) is 15.0 Å². The van der Waals surface area contributed by atoms with Crippen molar-refractivity contribution in [2.75, 3.05) is 27.9 Å². The highest BCUT2D eigenvalue weighted by molar-refractivity contribution is 7.89. The van der Waals surface area contributed by atoms with E-state index < -0.39 is 36.4 Å². The molecule has 0 saturated carbocycles. The van der Waals surface area contributed by atoms with Crippen molar-refractivity contribution in [1.29, 1.82) is 0 Å². The summed E-state index contributed by atoms with van der Waals surface area (Å²) in [6, 6.07) is 29.4. The summed E-state index contributed by atoms with van der Waals surface area (Å²) < 4.78 is 70.1.